The number of hydrogen-bond acceptors (Lipinski definition) is 4. The molecule has 0 spiro atoms. The predicted molar refractivity (Wildman–Crippen MR) is 158 cm³/mol. The van der Waals surface area contributed by atoms with Crippen LogP contribution in [0.25, 0.3) is 21.5 Å². The third kappa shape index (κ3) is 6.20. The van der Waals surface area contributed by atoms with Crippen molar-refractivity contribution in [3.05, 3.63) is 131 Å². The fraction of sp³-hybridized carbons (Fsp3) is 0.176. The van der Waals surface area contributed by atoms with Gasteiger partial charge in [-0.15, -0.1) is 0 Å². The third-order valence-corrected chi connectivity index (χ3v) is 7.13. The van der Waals surface area contributed by atoms with Crippen molar-refractivity contribution in [2.45, 2.75) is 24.9 Å². The van der Waals surface area contributed by atoms with Gasteiger partial charge in [-0.1, -0.05) is 84.9 Å². The molecule has 2 atom stereocenters. The molecule has 5 rings (SSSR count). The molecule has 5 aromatic carbocycles. The van der Waals surface area contributed by atoms with Crippen LogP contribution < -0.4 is 10.6 Å². The Kier molecular flexibility index (Phi) is 8.50. The van der Waals surface area contributed by atoms with Gasteiger partial charge in [0.2, 0.25) is 0 Å². The van der Waals surface area contributed by atoms with Gasteiger partial charge in [-0.05, 0) is 69.8 Å². The maximum Gasteiger partial charge on any atom is 0.252 e. The number of rotatable bonds is 10. The minimum atomic E-state index is -0.438. The van der Waals surface area contributed by atoms with Gasteiger partial charge in [0.05, 0.1) is 25.3 Å². The van der Waals surface area contributed by atoms with Gasteiger partial charge < -0.3 is 20.8 Å². The minimum absolute atomic E-state index is 0.187. The number of amides is 2. The Morgan fingerprint density at radius 2 is 0.975 bits per heavy atom. The van der Waals surface area contributed by atoms with E-state index < -0.39 is 12.1 Å². The summed E-state index contributed by atoms with van der Waals surface area (Å²) in [7, 11) is 0. The molecule has 202 valence electrons. The van der Waals surface area contributed by atoms with Crippen molar-refractivity contribution in [1.82, 2.24) is 10.6 Å². The molecule has 4 N–H and O–H groups in total. The molecule has 0 saturated heterocycles. The van der Waals surface area contributed by atoms with Crippen LogP contribution >= 0.6 is 0 Å². The Morgan fingerprint density at radius 3 is 1.38 bits per heavy atom. The van der Waals surface area contributed by atoms with E-state index in [1.54, 1.807) is 12.1 Å². The van der Waals surface area contributed by atoms with E-state index >= 15 is 0 Å². The minimum Gasteiger partial charge on any atom is -0.394 e. The first-order chi connectivity index (χ1) is 19.6. The van der Waals surface area contributed by atoms with Gasteiger partial charge in [-0.25, -0.2) is 0 Å². The molecule has 0 unspecified atom stereocenters. The molecular weight excluding hydrogens is 500 g/mol. The largest absolute Gasteiger partial charge is 0.394 e. The average molecular weight is 533 g/mol. The molecule has 0 heterocycles. The van der Waals surface area contributed by atoms with Crippen LogP contribution in [0.1, 0.15) is 31.8 Å². The van der Waals surface area contributed by atoms with Gasteiger partial charge in [-0.3, -0.25) is 9.59 Å². The second kappa shape index (κ2) is 12.6. The van der Waals surface area contributed by atoms with Gasteiger partial charge in [0.25, 0.3) is 11.8 Å². The highest BCUT2D eigenvalue weighted by Crippen LogP contribution is 2.28. The molecule has 0 bridgehead atoms. The maximum absolute atomic E-state index is 13.4. The molecule has 0 fully saturated rings. The van der Waals surface area contributed by atoms with Crippen LogP contribution in [-0.2, 0) is 12.8 Å². The second-order valence-electron chi connectivity index (χ2n) is 9.99. The summed E-state index contributed by atoms with van der Waals surface area (Å²) in [4.78, 5) is 26.8. The van der Waals surface area contributed by atoms with Crippen LogP contribution in [0.3, 0.4) is 0 Å². The average Bonchev–Trinajstić information content (AvgIpc) is 2.99. The molecule has 0 aromatic heterocycles. The maximum atomic E-state index is 13.4. The third-order valence-electron chi connectivity index (χ3n) is 7.13. The molecular formula is C34H32N2O4. The number of aliphatic hydroxyl groups excluding tert-OH is 2. The van der Waals surface area contributed by atoms with Crippen LogP contribution in [0.2, 0.25) is 0 Å². The molecule has 0 saturated carbocycles. The first-order valence-electron chi connectivity index (χ1n) is 13.4. The first kappa shape index (κ1) is 27.1. The Hall–Kier alpha value is -4.52. The Balaban J connectivity index is 1.43. The number of carbonyl (C=O) groups excluding carboxylic acids is 2. The van der Waals surface area contributed by atoms with Crippen molar-refractivity contribution in [3.8, 4) is 0 Å². The summed E-state index contributed by atoms with van der Waals surface area (Å²) in [5.74, 6) is -0.574. The molecule has 6 nitrogen and oxygen atoms in total. The van der Waals surface area contributed by atoms with Crippen LogP contribution in [-0.4, -0.2) is 47.3 Å². The Labute approximate surface area is 233 Å². The summed E-state index contributed by atoms with van der Waals surface area (Å²) < 4.78 is 0. The monoisotopic (exact) mass is 532 g/mol. The zero-order valence-corrected chi connectivity index (χ0v) is 22.1. The summed E-state index contributed by atoms with van der Waals surface area (Å²) in [6, 6.07) is 33.5. The van der Waals surface area contributed by atoms with Crippen molar-refractivity contribution >= 4 is 33.4 Å². The lowest BCUT2D eigenvalue weighted by atomic mass is 9.96. The molecule has 2 amide bonds. The van der Waals surface area contributed by atoms with Crippen LogP contribution in [0.4, 0.5) is 0 Å². The van der Waals surface area contributed by atoms with E-state index in [1.165, 1.54) is 0 Å². The normalized spacial score (nSPS) is 12.7. The van der Waals surface area contributed by atoms with E-state index in [4.69, 9.17) is 0 Å². The zero-order chi connectivity index (χ0) is 27.9. The summed E-state index contributed by atoms with van der Waals surface area (Å²) in [6.07, 6.45) is 1.02. The lowest BCUT2D eigenvalue weighted by Crippen LogP contribution is -2.39. The lowest BCUT2D eigenvalue weighted by Gasteiger charge is -2.18. The highest BCUT2D eigenvalue weighted by Gasteiger charge is 2.19. The lowest BCUT2D eigenvalue weighted by molar-refractivity contribution is 0.0911. The number of benzene rings is 5. The first-order valence-corrected chi connectivity index (χ1v) is 13.4. The van der Waals surface area contributed by atoms with Crippen molar-refractivity contribution in [2.24, 2.45) is 0 Å². The van der Waals surface area contributed by atoms with Gasteiger partial charge in [0.15, 0.2) is 0 Å². The molecule has 0 radical (unpaired) electrons. The van der Waals surface area contributed by atoms with E-state index in [0.29, 0.717) is 34.7 Å². The van der Waals surface area contributed by atoms with Crippen LogP contribution in [0.15, 0.2) is 109 Å². The van der Waals surface area contributed by atoms with Gasteiger partial charge in [-0.2, -0.15) is 0 Å². The smallest absolute Gasteiger partial charge is 0.252 e. The van der Waals surface area contributed by atoms with E-state index in [9.17, 15) is 19.8 Å². The molecule has 0 aliphatic carbocycles. The zero-order valence-electron chi connectivity index (χ0n) is 22.1. The molecule has 40 heavy (non-hydrogen) atoms. The summed E-state index contributed by atoms with van der Waals surface area (Å²) in [5, 5.41) is 29.0. The van der Waals surface area contributed by atoms with Crippen LogP contribution in [0, 0.1) is 0 Å². The number of aliphatic hydroxyl groups is 2. The number of fused-ring (bicyclic) bond motifs is 2. The predicted octanol–water partition coefficient (Wildman–Crippen LogP) is 4.66. The summed E-state index contributed by atoms with van der Waals surface area (Å²) in [6.45, 7) is -0.374. The number of carbonyl (C=O) groups is 2. The molecule has 6 heteroatoms. The Morgan fingerprint density at radius 1 is 0.550 bits per heavy atom. The quantitative estimate of drug-likeness (QED) is 0.197. The van der Waals surface area contributed by atoms with Gasteiger partial charge in [0.1, 0.15) is 0 Å². The second-order valence-corrected chi connectivity index (χ2v) is 9.99. The SMILES string of the molecule is O=C(N[C@H](CO)Cc1ccccc1)c1cccc2cc3cccc(C(=O)N[C@H](CO)Cc4ccccc4)c3cc12. The topological polar surface area (TPSA) is 98.7 Å². The highest BCUT2D eigenvalue weighted by atomic mass is 16.3. The van der Waals surface area contributed by atoms with Gasteiger partial charge >= 0.3 is 0 Å². The standard InChI is InChI=1S/C34H32N2O4/c37-21-27(17-23-9-3-1-4-10-23)35-33(39)29-15-7-13-25-19-26-14-8-16-30(32(26)20-31(25)29)34(40)36-28(22-38)18-24-11-5-2-6-12-24/h1-16,19-20,27-28,37-38H,17-18,21-22H2,(H,35,39)(H,36,40)/t27-,28-/m0/s1. The van der Waals surface area contributed by atoms with E-state index in [-0.39, 0.29) is 25.0 Å². The van der Waals surface area contributed by atoms with Gasteiger partial charge in [0, 0.05) is 11.1 Å². The molecule has 0 aliphatic rings. The van der Waals surface area contributed by atoms with Crippen molar-refractivity contribution in [1.29, 1.82) is 0 Å². The van der Waals surface area contributed by atoms with Crippen molar-refractivity contribution in [3.63, 3.8) is 0 Å². The summed E-state index contributed by atoms with van der Waals surface area (Å²) >= 11 is 0. The number of nitrogens with one attached hydrogen (secondary N) is 2. The van der Waals surface area contributed by atoms with Crippen molar-refractivity contribution in [2.75, 3.05) is 13.2 Å². The van der Waals surface area contributed by atoms with E-state index in [2.05, 4.69) is 10.6 Å². The fourth-order valence-corrected chi connectivity index (χ4v) is 5.09. The highest BCUT2D eigenvalue weighted by molar-refractivity contribution is 6.14. The molecule has 5 aromatic rings. The summed E-state index contributed by atoms with van der Waals surface area (Å²) in [5.41, 5.74) is 2.99. The van der Waals surface area contributed by atoms with E-state index in [1.807, 2.05) is 97.1 Å². The van der Waals surface area contributed by atoms with Crippen molar-refractivity contribution < 1.29 is 19.8 Å². The number of hydrogen-bond donors (Lipinski definition) is 4. The van der Waals surface area contributed by atoms with E-state index in [0.717, 1.165) is 21.9 Å². The molecule has 0 aliphatic heterocycles. The fourth-order valence-electron chi connectivity index (χ4n) is 5.09. The van der Waals surface area contributed by atoms with Crippen LogP contribution in [0.5, 0.6) is 0 Å². The Bertz CT molecular complexity index is 1500.